The molecule has 3 aliphatic heterocycles. The van der Waals surface area contributed by atoms with Crippen molar-refractivity contribution in [3.8, 4) is 11.5 Å². The SMILES string of the molecule is CC1(c2ccc(N3c4cccc5c4B4c6c(cccc6C(c6ccccc6)(c6ccccc6)c6cccc3c64)O5)cc2)C=C2CC3=CC(C1)C32. The number of rotatable bonds is 4. The molecule has 0 spiro atoms. The zero-order chi connectivity index (χ0) is 32.8. The van der Waals surface area contributed by atoms with Gasteiger partial charge in [-0.05, 0) is 99.4 Å². The van der Waals surface area contributed by atoms with Crippen LogP contribution in [0.3, 0.4) is 0 Å². The molecule has 0 radical (unpaired) electrons. The first-order chi connectivity index (χ1) is 24.6. The Morgan fingerprint density at radius 2 is 1.22 bits per heavy atom. The average Bonchev–Trinajstić information content (AvgIpc) is 3.14. The molecule has 6 aliphatic rings. The van der Waals surface area contributed by atoms with Crippen LogP contribution in [0.4, 0.5) is 17.1 Å². The summed E-state index contributed by atoms with van der Waals surface area (Å²) in [5.41, 5.74) is 17.1. The second kappa shape index (κ2) is 9.37. The van der Waals surface area contributed by atoms with Gasteiger partial charge >= 0.3 is 0 Å². The van der Waals surface area contributed by atoms with Gasteiger partial charge in [-0.15, -0.1) is 0 Å². The van der Waals surface area contributed by atoms with E-state index in [2.05, 4.69) is 164 Å². The van der Waals surface area contributed by atoms with E-state index < -0.39 is 5.41 Å². The van der Waals surface area contributed by atoms with Crippen molar-refractivity contribution >= 4 is 40.2 Å². The highest BCUT2D eigenvalue weighted by atomic mass is 16.5. The number of ether oxygens (including phenoxy) is 1. The lowest BCUT2D eigenvalue weighted by atomic mass is 9.28. The number of hydrogen-bond donors (Lipinski definition) is 0. The molecule has 1 fully saturated rings. The van der Waals surface area contributed by atoms with Crippen molar-refractivity contribution in [1.29, 1.82) is 0 Å². The van der Waals surface area contributed by atoms with Crippen LogP contribution >= 0.6 is 0 Å². The topological polar surface area (TPSA) is 12.5 Å². The molecular weight excluding hydrogens is 605 g/mol. The number of allylic oxidation sites excluding steroid dienone is 4. The number of hydrogen-bond acceptors (Lipinski definition) is 2. The van der Waals surface area contributed by atoms with Gasteiger partial charge in [0.2, 0.25) is 0 Å². The zero-order valence-corrected chi connectivity index (χ0v) is 27.9. The van der Waals surface area contributed by atoms with Gasteiger partial charge in [0.25, 0.3) is 6.71 Å². The Balaban J connectivity index is 1.11. The summed E-state index contributed by atoms with van der Waals surface area (Å²) < 4.78 is 6.91. The predicted molar refractivity (Wildman–Crippen MR) is 204 cm³/mol. The van der Waals surface area contributed by atoms with E-state index in [-0.39, 0.29) is 12.1 Å². The summed E-state index contributed by atoms with van der Waals surface area (Å²) in [6.07, 6.45) is 7.55. The molecule has 3 atom stereocenters. The van der Waals surface area contributed by atoms with E-state index in [0.717, 1.165) is 23.3 Å². The Morgan fingerprint density at radius 1 is 0.600 bits per heavy atom. The minimum absolute atomic E-state index is 0.0707. The van der Waals surface area contributed by atoms with E-state index in [0.29, 0.717) is 0 Å². The lowest BCUT2D eigenvalue weighted by molar-refractivity contribution is 0.275. The summed E-state index contributed by atoms with van der Waals surface area (Å²) in [7, 11) is 0. The van der Waals surface area contributed by atoms with Gasteiger partial charge in [-0.25, -0.2) is 0 Å². The van der Waals surface area contributed by atoms with Gasteiger partial charge < -0.3 is 9.64 Å². The quantitative estimate of drug-likeness (QED) is 0.141. The van der Waals surface area contributed by atoms with Crippen LogP contribution in [-0.2, 0) is 10.8 Å². The molecule has 0 N–H and O–H groups in total. The van der Waals surface area contributed by atoms with Crippen LogP contribution in [0.2, 0.25) is 0 Å². The minimum Gasteiger partial charge on any atom is -0.458 e. The van der Waals surface area contributed by atoms with Gasteiger partial charge in [-0.3, -0.25) is 0 Å². The lowest BCUT2D eigenvalue weighted by Gasteiger charge is -2.54. The summed E-state index contributed by atoms with van der Waals surface area (Å²) in [6, 6.07) is 52.1. The summed E-state index contributed by atoms with van der Waals surface area (Å²) >= 11 is 0. The Kier molecular flexibility index (Phi) is 5.12. The molecule has 0 bridgehead atoms. The van der Waals surface area contributed by atoms with Crippen molar-refractivity contribution in [2.45, 2.75) is 30.6 Å². The summed E-state index contributed by atoms with van der Waals surface area (Å²) in [6.45, 7) is 2.52. The largest absolute Gasteiger partial charge is 0.458 e. The average molecular weight is 640 g/mol. The summed E-state index contributed by atoms with van der Waals surface area (Å²) in [5, 5.41) is 0. The molecule has 50 heavy (non-hydrogen) atoms. The fourth-order valence-electron chi connectivity index (χ4n) is 11.0. The highest BCUT2D eigenvalue weighted by Crippen LogP contribution is 2.60. The summed E-state index contributed by atoms with van der Waals surface area (Å²) in [5.74, 6) is 3.40. The van der Waals surface area contributed by atoms with Crippen molar-refractivity contribution in [2.75, 3.05) is 4.90 Å². The highest BCUT2D eigenvalue weighted by Gasteiger charge is 2.54. The Hall–Kier alpha value is -5.54. The Morgan fingerprint density at radius 3 is 1.90 bits per heavy atom. The Bertz CT molecular complexity index is 2460. The van der Waals surface area contributed by atoms with Crippen LogP contribution in [0.1, 0.15) is 47.6 Å². The fourth-order valence-corrected chi connectivity index (χ4v) is 11.0. The molecular formula is C47H34BNO. The first-order valence-corrected chi connectivity index (χ1v) is 18.1. The van der Waals surface area contributed by atoms with Gasteiger partial charge in [-0.2, -0.15) is 0 Å². The lowest BCUT2D eigenvalue weighted by Crippen LogP contribution is -2.66. The zero-order valence-electron chi connectivity index (χ0n) is 27.9. The minimum atomic E-state index is -0.517. The second-order valence-electron chi connectivity index (χ2n) is 15.4. The molecule has 12 rings (SSSR count). The highest BCUT2D eigenvalue weighted by molar-refractivity contribution is 7.00. The van der Waals surface area contributed by atoms with E-state index in [1.54, 1.807) is 11.1 Å². The fraction of sp³-hybridized carbons (Fsp3) is 0.149. The maximum atomic E-state index is 6.91. The van der Waals surface area contributed by atoms with Crippen LogP contribution in [0.5, 0.6) is 11.5 Å². The first kappa shape index (κ1) is 27.3. The first-order valence-electron chi connectivity index (χ1n) is 18.1. The van der Waals surface area contributed by atoms with E-state index in [1.807, 2.05) is 0 Å². The van der Waals surface area contributed by atoms with Gasteiger partial charge in [0.15, 0.2) is 0 Å². The number of anilines is 3. The molecule has 3 heteroatoms. The molecule has 6 aromatic rings. The standard InChI is InChI=1S/C47H34BNO/c1-46(27-30-25-29-26-31(28-46)42(29)30)32-21-23-35(24-22-32)49-38-17-8-15-36-43(38)48-44-37(16-9-19-40(44)50-41-20-10-18-39(49)45(41)48)47(36,33-11-4-2-5-12-33)34-13-6-3-7-14-34/h2-25,28,30,42H,26-27H2,1H3. The van der Waals surface area contributed by atoms with Gasteiger partial charge in [-0.1, -0.05) is 133 Å². The van der Waals surface area contributed by atoms with Crippen molar-refractivity contribution < 1.29 is 4.74 Å². The van der Waals surface area contributed by atoms with Crippen LogP contribution in [0.25, 0.3) is 0 Å². The normalized spacial score (nSPS) is 23.3. The van der Waals surface area contributed by atoms with Gasteiger partial charge in [0, 0.05) is 28.4 Å². The van der Waals surface area contributed by atoms with Gasteiger partial charge in [0.1, 0.15) is 11.5 Å². The van der Waals surface area contributed by atoms with Crippen LogP contribution in [0.15, 0.2) is 163 Å². The van der Waals surface area contributed by atoms with Crippen molar-refractivity contribution in [3.63, 3.8) is 0 Å². The van der Waals surface area contributed by atoms with E-state index in [4.69, 9.17) is 4.74 Å². The molecule has 6 aromatic carbocycles. The summed E-state index contributed by atoms with van der Waals surface area (Å²) in [4.78, 5) is 2.51. The van der Waals surface area contributed by atoms with Crippen LogP contribution in [0, 0.1) is 11.8 Å². The van der Waals surface area contributed by atoms with E-state index in [1.165, 1.54) is 74.1 Å². The third kappa shape index (κ3) is 3.22. The number of nitrogens with zero attached hydrogens (tertiary/aromatic N) is 1. The van der Waals surface area contributed by atoms with Crippen molar-refractivity contribution in [3.05, 3.63) is 191 Å². The van der Waals surface area contributed by atoms with Crippen molar-refractivity contribution in [2.24, 2.45) is 11.8 Å². The molecule has 3 aliphatic carbocycles. The smallest absolute Gasteiger partial charge is 0.257 e. The molecule has 2 nitrogen and oxygen atoms in total. The van der Waals surface area contributed by atoms with Gasteiger partial charge in [0.05, 0.1) is 5.41 Å². The molecule has 1 saturated carbocycles. The van der Waals surface area contributed by atoms with E-state index >= 15 is 0 Å². The van der Waals surface area contributed by atoms with Crippen LogP contribution in [-0.4, -0.2) is 6.71 Å². The molecule has 0 aromatic heterocycles. The van der Waals surface area contributed by atoms with Crippen molar-refractivity contribution in [1.82, 2.24) is 0 Å². The maximum Gasteiger partial charge on any atom is 0.257 e. The third-order valence-corrected chi connectivity index (χ3v) is 13.0. The molecule has 3 heterocycles. The molecule has 0 amide bonds. The molecule has 0 saturated heterocycles. The third-order valence-electron chi connectivity index (χ3n) is 13.0. The van der Waals surface area contributed by atoms with Crippen LogP contribution < -0.4 is 26.0 Å². The molecule has 236 valence electrons. The predicted octanol–water partition coefficient (Wildman–Crippen LogP) is 8.95. The number of benzene rings is 6. The maximum absolute atomic E-state index is 6.91. The molecule has 3 unspecified atom stereocenters. The Labute approximate surface area is 293 Å². The second-order valence-corrected chi connectivity index (χ2v) is 15.4. The monoisotopic (exact) mass is 639 g/mol. The van der Waals surface area contributed by atoms with E-state index in [9.17, 15) is 0 Å².